The Morgan fingerprint density at radius 1 is 0.969 bits per heavy atom. The number of rotatable bonds is 8. The van der Waals surface area contributed by atoms with Crippen molar-refractivity contribution in [3.63, 3.8) is 0 Å². The van der Waals surface area contributed by atoms with Gasteiger partial charge in [0.25, 0.3) is 5.56 Å². The maximum Gasteiger partial charge on any atom is 0.267 e. The van der Waals surface area contributed by atoms with Crippen molar-refractivity contribution < 1.29 is 18.7 Å². The van der Waals surface area contributed by atoms with Crippen molar-refractivity contribution in [1.82, 2.24) is 19.9 Å². The van der Waals surface area contributed by atoms with Crippen LogP contribution in [0.4, 0.5) is 0 Å². The Morgan fingerprint density at radius 3 is 2.47 bits per heavy atom. The van der Waals surface area contributed by atoms with Crippen LogP contribution in [0.5, 0.6) is 17.2 Å². The summed E-state index contributed by atoms with van der Waals surface area (Å²) in [4.78, 5) is 16.8. The van der Waals surface area contributed by atoms with Crippen LogP contribution in [0, 0.1) is 0 Å². The highest BCUT2D eigenvalue weighted by molar-refractivity contribution is 5.65. The van der Waals surface area contributed by atoms with Gasteiger partial charge in [0.15, 0.2) is 0 Å². The van der Waals surface area contributed by atoms with E-state index in [9.17, 15) is 4.79 Å². The van der Waals surface area contributed by atoms with Crippen LogP contribution < -0.4 is 19.8 Å². The topological polar surface area (TPSA) is 102 Å². The Kier molecular flexibility index (Phi) is 6.16. The zero-order valence-corrected chi connectivity index (χ0v) is 17.9. The molecule has 2 heterocycles. The molecule has 4 rings (SSSR count). The van der Waals surface area contributed by atoms with E-state index in [2.05, 4.69) is 15.2 Å². The number of hydrogen-bond acceptors (Lipinski definition) is 8. The fourth-order valence-corrected chi connectivity index (χ4v) is 3.14. The molecule has 4 aromatic rings. The van der Waals surface area contributed by atoms with Gasteiger partial charge in [0.05, 0.1) is 32.1 Å². The Hall–Kier alpha value is -4.14. The predicted octanol–water partition coefficient (Wildman–Crippen LogP) is 3.42. The molecule has 0 aliphatic carbocycles. The van der Waals surface area contributed by atoms with Gasteiger partial charge in [-0.1, -0.05) is 5.16 Å². The average molecular weight is 434 g/mol. The second-order valence-electron chi connectivity index (χ2n) is 6.75. The second-order valence-corrected chi connectivity index (χ2v) is 6.75. The molecule has 0 bridgehead atoms. The van der Waals surface area contributed by atoms with Gasteiger partial charge < -0.3 is 18.7 Å². The first-order chi connectivity index (χ1) is 15.6. The zero-order valence-electron chi connectivity index (χ0n) is 17.9. The van der Waals surface area contributed by atoms with E-state index < -0.39 is 0 Å². The number of hydrogen-bond donors (Lipinski definition) is 0. The van der Waals surface area contributed by atoms with Crippen LogP contribution in [-0.4, -0.2) is 40.7 Å². The van der Waals surface area contributed by atoms with Gasteiger partial charge in [-0.05, 0) is 49.4 Å². The fourth-order valence-electron chi connectivity index (χ4n) is 3.14. The van der Waals surface area contributed by atoms with E-state index in [1.165, 1.54) is 10.7 Å². The van der Waals surface area contributed by atoms with Crippen molar-refractivity contribution in [2.45, 2.75) is 13.5 Å². The Bertz CT molecular complexity index is 1260. The monoisotopic (exact) mass is 434 g/mol. The van der Waals surface area contributed by atoms with E-state index in [1.807, 2.05) is 31.2 Å². The van der Waals surface area contributed by atoms with Gasteiger partial charge >= 0.3 is 0 Å². The minimum absolute atomic E-state index is 0.0369. The molecule has 0 fully saturated rings. The van der Waals surface area contributed by atoms with Crippen LogP contribution in [0.3, 0.4) is 0 Å². The normalized spacial score (nSPS) is 10.7. The zero-order chi connectivity index (χ0) is 22.5. The quantitative estimate of drug-likeness (QED) is 0.416. The Labute approximate surface area is 184 Å². The molecule has 0 aliphatic rings. The van der Waals surface area contributed by atoms with Crippen molar-refractivity contribution in [3.8, 4) is 39.9 Å². The molecule has 0 amide bonds. The third kappa shape index (κ3) is 4.46. The van der Waals surface area contributed by atoms with Crippen molar-refractivity contribution in [3.05, 3.63) is 70.8 Å². The van der Waals surface area contributed by atoms with Crippen LogP contribution in [-0.2, 0) is 6.54 Å². The first-order valence-electron chi connectivity index (χ1n) is 9.97. The Balaban J connectivity index is 1.58. The number of methoxy groups -OCH3 is 2. The summed E-state index contributed by atoms with van der Waals surface area (Å²) in [7, 11) is 3.13. The van der Waals surface area contributed by atoms with Crippen LogP contribution in [0.15, 0.2) is 63.9 Å². The van der Waals surface area contributed by atoms with Crippen LogP contribution in [0.25, 0.3) is 22.6 Å². The third-order valence-corrected chi connectivity index (χ3v) is 4.73. The lowest BCUT2D eigenvalue weighted by Crippen LogP contribution is -2.23. The summed E-state index contributed by atoms with van der Waals surface area (Å²) in [6, 6.07) is 15.9. The molecule has 164 valence electrons. The summed E-state index contributed by atoms with van der Waals surface area (Å²) in [6.07, 6.45) is 0. The molecular formula is C23H22N4O5. The molecule has 0 saturated heterocycles. The minimum atomic E-state index is -0.276. The Morgan fingerprint density at radius 2 is 1.75 bits per heavy atom. The average Bonchev–Trinajstić information content (AvgIpc) is 3.29. The SMILES string of the molecule is CCOc1ccc(-c2ccc(=O)n(Cc3nc(-c4ccc(OC)cc4OC)no3)n2)cc1. The van der Waals surface area contributed by atoms with Crippen LogP contribution in [0.2, 0.25) is 0 Å². The van der Waals surface area contributed by atoms with Crippen molar-refractivity contribution >= 4 is 0 Å². The molecule has 0 N–H and O–H groups in total. The molecule has 32 heavy (non-hydrogen) atoms. The van der Waals surface area contributed by atoms with Crippen LogP contribution in [0.1, 0.15) is 12.8 Å². The van der Waals surface area contributed by atoms with Crippen molar-refractivity contribution in [2.24, 2.45) is 0 Å². The first-order valence-corrected chi connectivity index (χ1v) is 9.97. The second kappa shape index (κ2) is 9.34. The number of aromatic nitrogens is 4. The summed E-state index contributed by atoms with van der Waals surface area (Å²) < 4.78 is 22.7. The highest BCUT2D eigenvalue weighted by atomic mass is 16.5. The van der Waals surface area contributed by atoms with Gasteiger partial charge in [-0.2, -0.15) is 10.1 Å². The van der Waals surface area contributed by atoms with Gasteiger partial charge in [0.2, 0.25) is 11.7 Å². The van der Waals surface area contributed by atoms with Gasteiger partial charge in [-0.15, -0.1) is 0 Å². The lowest BCUT2D eigenvalue weighted by atomic mass is 10.1. The van der Waals surface area contributed by atoms with Gasteiger partial charge in [0.1, 0.15) is 23.8 Å². The molecule has 2 aromatic heterocycles. The first kappa shape index (κ1) is 21.1. The fraction of sp³-hybridized carbons (Fsp3) is 0.217. The molecule has 0 atom stereocenters. The van der Waals surface area contributed by atoms with E-state index >= 15 is 0 Å². The standard InChI is InChI=1S/C23H22N4O5/c1-4-31-16-7-5-15(6-8-16)19-11-12-22(28)27(25-19)14-21-24-23(26-32-21)18-10-9-17(29-2)13-20(18)30-3/h5-13H,4,14H2,1-3H3. The van der Waals surface area contributed by atoms with E-state index in [0.717, 1.165) is 11.3 Å². The molecule has 0 saturated carbocycles. The lowest BCUT2D eigenvalue weighted by Gasteiger charge is -2.07. The molecular weight excluding hydrogens is 412 g/mol. The largest absolute Gasteiger partial charge is 0.497 e. The van der Waals surface area contributed by atoms with E-state index in [0.29, 0.717) is 35.2 Å². The van der Waals surface area contributed by atoms with Gasteiger partial charge in [-0.25, -0.2) is 4.68 Å². The highest BCUT2D eigenvalue weighted by Gasteiger charge is 2.15. The maximum atomic E-state index is 12.4. The third-order valence-electron chi connectivity index (χ3n) is 4.73. The van der Waals surface area contributed by atoms with Gasteiger partial charge in [-0.3, -0.25) is 4.79 Å². The maximum absolute atomic E-state index is 12.4. The van der Waals surface area contributed by atoms with Crippen LogP contribution >= 0.6 is 0 Å². The van der Waals surface area contributed by atoms with Crippen molar-refractivity contribution in [1.29, 1.82) is 0 Å². The summed E-state index contributed by atoms with van der Waals surface area (Å²) in [5, 5.41) is 8.47. The predicted molar refractivity (Wildman–Crippen MR) is 117 cm³/mol. The molecule has 9 nitrogen and oxygen atoms in total. The lowest BCUT2D eigenvalue weighted by molar-refractivity contribution is 0.340. The van der Waals surface area contributed by atoms with E-state index in [-0.39, 0.29) is 18.0 Å². The summed E-state index contributed by atoms with van der Waals surface area (Å²) in [6.45, 7) is 2.56. The molecule has 9 heteroatoms. The molecule has 0 spiro atoms. The summed E-state index contributed by atoms with van der Waals surface area (Å²) >= 11 is 0. The summed E-state index contributed by atoms with van der Waals surface area (Å²) in [5.74, 6) is 2.56. The number of ether oxygens (including phenoxy) is 3. The molecule has 2 aromatic carbocycles. The van der Waals surface area contributed by atoms with Crippen molar-refractivity contribution in [2.75, 3.05) is 20.8 Å². The molecule has 0 unspecified atom stereocenters. The highest BCUT2D eigenvalue weighted by Crippen LogP contribution is 2.31. The minimum Gasteiger partial charge on any atom is -0.497 e. The smallest absolute Gasteiger partial charge is 0.267 e. The van der Waals surface area contributed by atoms with E-state index in [1.54, 1.807) is 38.5 Å². The summed E-state index contributed by atoms with van der Waals surface area (Å²) in [5.41, 5.74) is 1.87. The molecule has 0 radical (unpaired) electrons. The van der Waals surface area contributed by atoms with E-state index in [4.69, 9.17) is 18.7 Å². The van der Waals surface area contributed by atoms with Gasteiger partial charge in [0, 0.05) is 17.7 Å². The number of nitrogens with zero attached hydrogens (tertiary/aromatic N) is 4. The number of benzene rings is 2. The molecule has 0 aliphatic heterocycles.